The quantitative estimate of drug-likeness (QED) is 0.628. The lowest BCUT2D eigenvalue weighted by atomic mass is 10.1. The number of carbonyl (C=O) groups is 2. The first-order valence-electron chi connectivity index (χ1n) is 5.48. The molecule has 0 bridgehead atoms. The Morgan fingerprint density at radius 1 is 1.16 bits per heavy atom. The summed E-state index contributed by atoms with van der Waals surface area (Å²) in [5.41, 5.74) is 0.724. The summed E-state index contributed by atoms with van der Waals surface area (Å²) >= 11 is 0. The number of carbonyl (C=O) groups excluding carboxylic acids is 2. The highest BCUT2D eigenvalue weighted by Gasteiger charge is 2.27. The summed E-state index contributed by atoms with van der Waals surface area (Å²) in [4.78, 5) is 23.9. The third kappa shape index (κ3) is 2.54. The minimum absolute atomic E-state index is 0.0818. The van der Waals surface area contributed by atoms with Gasteiger partial charge in [0.15, 0.2) is 0 Å². The van der Waals surface area contributed by atoms with E-state index in [1.807, 2.05) is 0 Å². The number of amides is 2. The molecule has 1 aliphatic heterocycles. The van der Waals surface area contributed by atoms with Gasteiger partial charge in [0.2, 0.25) is 0 Å². The molecule has 0 fully saturated rings. The van der Waals surface area contributed by atoms with E-state index < -0.39 is 20.9 Å². The topological polar surface area (TPSA) is 71.5 Å². The molecule has 2 rings (SSSR count). The number of hydrogen-bond acceptors (Lipinski definition) is 4. The first kappa shape index (κ1) is 13.8. The summed E-state index contributed by atoms with van der Waals surface area (Å²) < 4.78 is 23.0. The Bertz CT molecular complexity index is 676. The standard InChI is InChI=1S/C12H10ClNO4S/c1-2-8-3-4-9(7-10(8)19(13,17)18)14-11(15)5-6-12(14)16/h3-7H,2H2,1H3. The summed E-state index contributed by atoms with van der Waals surface area (Å²) in [6.45, 7) is 1.79. The molecule has 0 saturated heterocycles. The van der Waals surface area contributed by atoms with Crippen LogP contribution in [0.2, 0.25) is 0 Å². The van der Waals surface area contributed by atoms with E-state index in [2.05, 4.69) is 0 Å². The van der Waals surface area contributed by atoms with Crippen molar-refractivity contribution >= 4 is 37.2 Å². The maximum absolute atomic E-state index is 11.5. The zero-order valence-corrected chi connectivity index (χ0v) is 11.5. The molecule has 1 aromatic carbocycles. The van der Waals surface area contributed by atoms with E-state index in [1.165, 1.54) is 12.1 Å². The van der Waals surface area contributed by atoms with Gasteiger partial charge in [-0.25, -0.2) is 13.3 Å². The highest BCUT2D eigenvalue weighted by molar-refractivity contribution is 8.13. The zero-order valence-electron chi connectivity index (χ0n) is 9.96. The van der Waals surface area contributed by atoms with Crippen LogP contribution < -0.4 is 4.90 Å². The van der Waals surface area contributed by atoms with E-state index in [0.29, 0.717) is 12.0 Å². The number of nitrogens with zero attached hydrogens (tertiary/aromatic N) is 1. The first-order chi connectivity index (χ1) is 8.84. The molecule has 1 heterocycles. The lowest BCUT2D eigenvalue weighted by molar-refractivity contribution is -0.119. The Labute approximate surface area is 114 Å². The smallest absolute Gasteiger partial charge is 0.261 e. The lowest BCUT2D eigenvalue weighted by Gasteiger charge is -2.15. The minimum Gasteiger partial charge on any atom is -0.269 e. The molecule has 0 N–H and O–H groups in total. The fourth-order valence-corrected chi connectivity index (χ4v) is 3.07. The van der Waals surface area contributed by atoms with E-state index in [0.717, 1.165) is 17.1 Å². The van der Waals surface area contributed by atoms with Gasteiger partial charge < -0.3 is 0 Å². The third-order valence-electron chi connectivity index (χ3n) is 2.76. The van der Waals surface area contributed by atoms with Crippen LogP contribution in [0.5, 0.6) is 0 Å². The van der Waals surface area contributed by atoms with Crippen molar-refractivity contribution in [1.29, 1.82) is 0 Å². The molecule has 0 saturated carbocycles. The van der Waals surface area contributed by atoms with Gasteiger partial charge in [-0.3, -0.25) is 9.59 Å². The fraction of sp³-hybridized carbons (Fsp3) is 0.167. The lowest BCUT2D eigenvalue weighted by Crippen LogP contribution is -2.29. The largest absolute Gasteiger partial charge is 0.269 e. The van der Waals surface area contributed by atoms with Crippen LogP contribution >= 0.6 is 10.7 Å². The van der Waals surface area contributed by atoms with Crippen LogP contribution in [0.3, 0.4) is 0 Å². The van der Waals surface area contributed by atoms with Gasteiger partial charge in [0.05, 0.1) is 10.6 Å². The molecule has 1 aliphatic rings. The van der Waals surface area contributed by atoms with Crippen molar-refractivity contribution in [2.24, 2.45) is 0 Å². The maximum atomic E-state index is 11.5. The SMILES string of the molecule is CCc1ccc(N2C(=O)C=CC2=O)cc1S(=O)(=O)Cl. The number of hydrogen-bond donors (Lipinski definition) is 0. The Morgan fingerprint density at radius 2 is 1.74 bits per heavy atom. The second-order valence-corrected chi connectivity index (χ2v) is 6.46. The Morgan fingerprint density at radius 3 is 2.21 bits per heavy atom. The van der Waals surface area contributed by atoms with Crippen molar-refractivity contribution in [3.05, 3.63) is 35.9 Å². The van der Waals surface area contributed by atoms with Crippen molar-refractivity contribution in [1.82, 2.24) is 0 Å². The highest BCUT2D eigenvalue weighted by atomic mass is 35.7. The summed E-state index contributed by atoms with van der Waals surface area (Å²) in [6.07, 6.45) is 2.73. The van der Waals surface area contributed by atoms with E-state index >= 15 is 0 Å². The summed E-state index contributed by atoms with van der Waals surface area (Å²) in [5.74, 6) is -1.01. The molecule has 1 aromatic rings. The van der Waals surface area contributed by atoms with Crippen LogP contribution in [-0.2, 0) is 25.1 Å². The van der Waals surface area contributed by atoms with E-state index in [1.54, 1.807) is 13.0 Å². The molecule has 0 spiro atoms. The minimum atomic E-state index is -3.93. The van der Waals surface area contributed by atoms with Crippen LogP contribution in [0, 0.1) is 0 Å². The van der Waals surface area contributed by atoms with Gasteiger partial charge in [0.25, 0.3) is 20.9 Å². The van der Waals surface area contributed by atoms with E-state index in [9.17, 15) is 18.0 Å². The molecule has 0 aliphatic carbocycles. The van der Waals surface area contributed by atoms with Crippen LogP contribution in [0.1, 0.15) is 12.5 Å². The van der Waals surface area contributed by atoms with E-state index in [-0.39, 0.29) is 10.6 Å². The molecule has 0 atom stereocenters. The van der Waals surface area contributed by atoms with Gasteiger partial charge in [-0.1, -0.05) is 13.0 Å². The Kier molecular flexibility index (Phi) is 3.47. The van der Waals surface area contributed by atoms with Gasteiger partial charge >= 0.3 is 0 Å². The molecule has 5 nitrogen and oxygen atoms in total. The summed E-state index contributed by atoms with van der Waals surface area (Å²) in [6, 6.07) is 4.31. The van der Waals surface area contributed by atoms with Gasteiger partial charge in [0, 0.05) is 22.8 Å². The van der Waals surface area contributed by atoms with Crippen molar-refractivity contribution in [2.75, 3.05) is 4.90 Å². The maximum Gasteiger partial charge on any atom is 0.261 e. The number of aryl methyl sites for hydroxylation is 1. The van der Waals surface area contributed by atoms with Crippen molar-refractivity contribution in [2.45, 2.75) is 18.2 Å². The number of imide groups is 1. The summed E-state index contributed by atoms with van der Waals surface area (Å²) in [7, 11) is 1.43. The van der Waals surface area contributed by atoms with Crippen LogP contribution in [0.15, 0.2) is 35.2 Å². The average Bonchev–Trinajstić information content (AvgIpc) is 2.67. The predicted octanol–water partition coefficient (Wildman–Crippen LogP) is 1.61. The second-order valence-electron chi connectivity index (χ2n) is 3.93. The Hall–Kier alpha value is -1.66. The average molecular weight is 300 g/mol. The first-order valence-corrected chi connectivity index (χ1v) is 7.79. The fourth-order valence-electron chi connectivity index (χ4n) is 1.86. The van der Waals surface area contributed by atoms with Crippen LogP contribution in [-0.4, -0.2) is 20.2 Å². The molecule has 0 unspecified atom stereocenters. The highest BCUT2D eigenvalue weighted by Crippen LogP contribution is 2.28. The molecule has 0 aromatic heterocycles. The monoisotopic (exact) mass is 299 g/mol. The summed E-state index contributed by atoms with van der Waals surface area (Å²) in [5, 5.41) is 0. The molecule has 2 amide bonds. The van der Waals surface area contributed by atoms with Gasteiger partial charge in [-0.15, -0.1) is 0 Å². The normalized spacial score (nSPS) is 15.4. The van der Waals surface area contributed by atoms with Crippen molar-refractivity contribution in [3.8, 4) is 0 Å². The van der Waals surface area contributed by atoms with Crippen LogP contribution in [0.4, 0.5) is 5.69 Å². The molecular weight excluding hydrogens is 290 g/mol. The Balaban J connectivity index is 2.56. The molecule has 19 heavy (non-hydrogen) atoms. The number of rotatable bonds is 3. The molecule has 100 valence electrons. The van der Waals surface area contributed by atoms with Gasteiger partial charge in [-0.2, -0.15) is 0 Å². The molecule has 0 radical (unpaired) electrons. The number of halogens is 1. The van der Waals surface area contributed by atoms with Gasteiger partial charge in [-0.05, 0) is 24.1 Å². The van der Waals surface area contributed by atoms with Crippen molar-refractivity contribution < 1.29 is 18.0 Å². The van der Waals surface area contributed by atoms with Crippen molar-refractivity contribution in [3.63, 3.8) is 0 Å². The predicted molar refractivity (Wildman–Crippen MR) is 70.5 cm³/mol. The number of anilines is 1. The molecule has 7 heteroatoms. The zero-order chi connectivity index (χ0) is 14.2. The number of benzene rings is 1. The second kappa shape index (κ2) is 4.79. The van der Waals surface area contributed by atoms with E-state index in [4.69, 9.17) is 10.7 Å². The molecular formula is C12H10ClNO4S. The van der Waals surface area contributed by atoms with Crippen LogP contribution in [0.25, 0.3) is 0 Å². The van der Waals surface area contributed by atoms with Gasteiger partial charge in [0.1, 0.15) is 0 Å². The third-order valence-corrected chi connectivity index (χ3v) is 4.17.